The molecule has 1 aliphatic rings. The number of hydrogen-bond donors (Lipinski definition) is 5. The van der Waals surface area contributed by atoms with Crippen LogP contribution in [0.4, 0.5) is 10.5 Å². The number of carbonyl (C=O) groups excluding carboxylic acids is 5. The molecule has 0 aromatic heterocycles. The Balaban J connectivity index is 1.47. The maximum Gasteiger partial charge on any atom is 0.408 e. The van der Waals surface area contributed by atoms with Crippen molar-refractivity contribution in [2.75, 3.05) is 38.3 Å². The van der Waals surface area contributed by atoms with Crippen molar-refractivity contribution in [2.24, 2.45) is 5.92 Å². The average Bonchev–Trinajstić information content (AvgIpc) is 3.09. The van der Waals surface area contributed by atoms with Crippen molar-refractivity contribution in [3.63, 3.8) is 0 Å². The number of aliphatic hydroxyl groups excluding tert-OH is 1. The lowest BCUT2D eigenvalue weighted by molar-refractivity contribution is -0.148. The zero-order chi connectivity index (χ0) is 34.1. The van der Waals surface area contributed by atoms with E-state index in [1.165, 1.54) is 0 Å². The largest absolute Gasteiger partial charge is 0.461 e. The van der Waals surface area contributed by atoms with Gasteiger partial charge in [0.15, 0.2) is 0 Å². The lowest BCUT2D eigenvalue weighted by Crippen LogP contribution is -2.51. The van der Waals surface area contributed by atoms with Gasteiger partial charge in [0.2, 0.25) is 11.8 Å². The average molecular weight is 661 g/mol. The van der Waals surface area contributed by atoms with E-state index < -0.39 is 54.4 Å². The van der Waals surface area contributed by atoms with Crippen LogP contribution in [0, 0.1) is 5.92 Å². The van der Waals surface area contributed by atoms with Crippen LogP contribution in [0.1, 0.15) is 24.8 Å². The van der Waals surface area contributed by atoms with Crippen molar-refractivity contribution in [2.45, 2.75) is 38.0 Å². The predicted octanol–water partition coefficient (Wildman–Crippen LogP) is 2.58. The van der Waals surface area contributed by atoms with Crippen LogP contribution in [0.2, 0.25) is 0 Å². The number of hydrogen-bond acceptors (Lipinski definition) is 9. The number of ether oxygens (including phenoxy) is 3. The van der Waals surface area contributed by atoms with Gasteiger partial charge in [0.25, 0.3) is 5.91 Å². The summed E-state index contributed by atoms with van der Waals surface area (Å²) in [4.78, 5) is 65.3. The quantitative estimate of drug-likeness (QED) is 0.111. The van der Waals surface area contributed by atoms with Crippen molar-refractivity contribution in [3.05, 3.63) is 90.5 Å². The number of aliphatic hydroxyl groups is 1. The molecule has 0 bridgehead atoms. The van der Waals surface area contributed by atoms with Gasteiger partial charge in [-0.25, -0.2) is 9.59 Å². The Kier molecular flexibility index (Phi) is 13.9. The van der Waals surface area contributed by atoms with E-state index >= 15 is 0 Å². The van der Waals surface area contributed by atoms with E-state index in [4.69, 9.17) is 19.3 Å². The van der Waals surface area contributed by atoms with E-state index in [0.717, 1.165) is 16.3 Å². The monoisotopic (exact) mass is 660 g/mol. The summed E-state index contributed by atoms with van der Waals surface area (Å²) in [5.74, 6) is -3.33. The fourth-order valence-corrected chi connectivity index (χ4v) is 4.86. The zero-order valence-corrected chi connectivity index (χ0v) is 26.4. The third-order valence-electron chi connectivity index (χ3n) is 7.40. The summed E-state index contributed by atoms with van der Waals surface area (Å²) < 4.78 is 15.9. The molecule has 13 heteroatoms. The van der Waals surface area contributed by atoms with Gasteiger partial charge in [-0.3, -0.25) is 14.4 Å². The van der Waals surface area contributed by atoms with E-state index in [9.17, 15) is 24.0 Å². The number of carbonyl (C=O) groups is 5. The van der Waals surface area contributed by atoms with Crippen molar-refractivity contribution >= 4 is 46.2 Å². The summed E-state index contributed by atoms with van der Waals surface area (Å²) in [6.45, 7) is -0.175. The molecule has 254 valence electrons. The van der Waals surface area contributed by atoms with Gasteiger partial charge in [0, 0.05) is 18.7 Å². The standard InChI is InChI=1S/C35H40N4O9/c40-17-19-46-18-16-36-31(41)21-27-12-6-7-13-29(39-35(45)48-22-24-8-2-1-3-9-24)34(44)47-23-30(38-32(27)42)33(43)37-28-15-14-25-10-4-5-11-26(25)20-28/h1-11,14-15,20,27,29-30,40H,12-13,16-19,21-23H2,(H,36,41)(H,37,43)(H,38,42)(H,39,45)/t27-,29-,30+/m1/s1. The Hall–Kier alpha value is -5.27. The van der Waals surface area contributed by atoms with Gasteiger partial charge in [-0.1, -0.05) is 72.8 Å². The first-order chi connectivity index (χ1) is 23.3. The highest BCUT2D eigenvalue weighted by Gasteiger charge is 2.30. The Morgan fingerprint density at radius 3 is 2.46 bits per heavy atom. The third kappa shape index (κ3) is 11.5. The van der Waals surface area contributed by atoms with Crippen molar-refractivity contribution in [1.82, 2.24) is 16.0 Å². The molecule has 48 heavy (non-hydrogen) atoms. The number of nitrogens with one attached hydrogen (secondary N) is 4. The van der Waals surface area contributed by atoms with Gasteiger partial charge in [-0.2, -0.15) is 0 Å². The molecule has 3 atom stereocenters. The summed E-state index contributed by atoms with van der Waals surface area (Å²) in [6, 6.07) is 19.5. The van der Waals surface area contributed by atoms with Crippen molar-refractivity contribution in [1.29, 1.82) is 0 Å². The molecule has 13 nitrogen and oxygen atoms in total. The fourth-order valence-electron chi connectivity index (χ4n) is 4.86. The van der Waals surface area contributed by atoms with Crippen molar-refractivity contribution < 1.29 is 43.3 Å². The minimum Gasteiger partial charge on any atom is -0.461 e. The number of amides is 4. The normalized spacial score (nSPS) is 18.4. The first kappa shape index (κ1) is 35.6. The summed E-state index contributed by atoms with van der Waals surface area (Å²) in [5.41, 5.74) is 1.23. The van der Waals surface area contributed by atoms with E-state index in [0.29, 0.717) is 5.69 Å². The highest BCUT2D eigenvalue weighted by atomic mass is 16.6. The highest BCUT2D eigenvalue weighted by Crippen LogP contribution is 2.19. The number of allylic oxidation sites excluding steroid dienone is 1. The van der Waals surface area contributed by atoms with Crippen LogP contribution >= 0.6 is 0 Å². The van der Waals surface area contributed by atoms with Gasteiger partial charge >= 0.3 is 12.1 Å². The molecule has 3 aromatic carbocycles. The minimum atomic E-state index is -1.32. The molecule has 0 saturated carbocycles. The van der Waals surface area contributed by atoms with Gasteiger partial charge in [0.1, 0.15) is 25.3 Å². The summed E-state index contributed by atoms with van der Waals surface area (Å²) in [5, 5.41) is 21.3. The number of rotatable bonds is 12. The number of anilines is 1. The van der Waals surface area contributed by atoms with E-state index in [1.807, 2.05) is 48.5 Å². The molecule has 0 unspecified atom stereocenters. The van der Waals surface area contributed by atoms with Crippen LogP contribution in [0.5, 0.6) is 0 Å². The number of benzene rings is 3. The van der Waals surface area contributed by atoms with E-state index in [1.54, 1.807) is 36.4 Å². The number of fused-ring (bicyclic) bond motifs is 1. The first-order valence-corrected chi connectivity index (χ1v) is 15.7. The predicted molar refractivity (Wildman–Crippen MR) is 176 cm³/mol. The molecule has 1 aliphatic heterocycles. The van der Waals surface area contributed by atoms with Gasteiger partial charge in [-0.15, -0.1) is 0 Å². The molecule has 0 spiro atoms. The fraction of sp³-hybridized carbons (Fsp3) is 0.343. The molecule has 0 saturated heterocycles. The summed E-state index contributed by atoms with van der Waals surface area (Å²) in [6.07, 6.45) is 2.33. The maximum atomic E-state index is 13.5. The van der Waals surface area contributed by atoms with Crippen molar-refractivity contribution in [3.8, 4) is 0 Å². The Morgan fingerprint density at radius 2 is 1.67 bits per heavy atom. The smallest absolute Gasteiger partial charge is 0.408 e. The zero-order valence-electron chi connectivity index (χ0n) is 26.4. The molecule has 4 rings (SSSR count). The molecular formula is C35H40N4O9. The number of esters is 1. The number of cyclic esters (lactones) is 1. The molecular weight excluding hydrogens is 620 g/mol. The molecule has 0 radical (unpaired) electrons. The topological polar surface area (TPSA) is 181 Å². The van der Waals surface area contributed by atoms with E-state index in [2.05, 4.69) is 21.3 Å². The number of alkyl carbamates (subject to hydrolysis) is 1. The second-order valence-corrected chi connectivity index (χ2v) is 11.0. The summed E-state index contributed by atoms with van der Waals surface area (Å²) in [7, 11) is 0. The van der Waals surface area contributed by atoms with Gasteiger partial charge in [0.05, 0.1) is 25.7 Å². The third-order valence-corrected chi connectivity index (χ3v) is 7.40. The van der Waals surface area contributed by atoms with Crippen LogP contribution in [-0.2, 0) is 40.0 Å². The molecule has 1 heterocycles. The lowest BCUT2D eigenvalue weighted by Gasteiger charge is -2.24. The summed E-state index contributed by atoms with van der Waals surface area (Å²) >= 11 is 0. The minimum absolute atomic E-state index is 0.00929. The molecule has 5 N–H and O–H groups in total. The van der Waals surface area contributed by atoms with Gasteiger partial charge in [-0.05, 0) is 41.3 Å². The van der Waals surface area contributed by atoms with Crippen LogP contribution in [0.25, 0.3) is 10.8 Å². The molecule has 3 aromatic rings. The highest BCUT2D eigenvalue weighted by molar-refractivity contribution is 6.00. The second kappa shape index (κ2) is 18.8. The molecule has 0 fully saturated rings. The Labute approximate surface area is 278 Å². The van der Waals surface area contributed by atoms with Crippen LogP contribution in [-0.4, -0.2) is 79.9 Å². The van der Waals surface area contributed by atoms with Crippen LogP contribution in [0.3, 0.4) is 0 Å². The second-order valence-electron chi connectivity index (χ2n) is 11.0. The van der Waals surface area contributed by atoms with Crippen LogP contribution in [0.15, 0.2) is 84.9 Å². The molecule has 0 aliphatic carbocycles. The SMILES string of the molecule is O=C(C[C@H]1CC=CC[C@@H](NC(=O)OCc2ccccc2)C(=O)OC[C@@H](C(=O)Nc2ccc3ccccc3c2)NC1=O)NCCOCCO. The van der Waals surface area contributed by atoms with E-state index in [-0.39, 0.29) is 52.2 Å². The van der Waals surface area contributed by atoms with Crippen LogP contribution < -0.4 is 21.3 Å². The first-order valence-electron chi connectivity index (χ1n) is 15.7. The van der Waals surface area contributed by atoms with Gasteiger partial charge < -0.3 is 40.6 Å². The lowest BCUT2D eigenvalue weighted by atomic mass is 9.98. The maximum absolute atomic E-state index is 13.5. The Bertz CT molecular complexity index is 1580. The molecule has 4 amide bonds. The Morgan fingerprint density at radius 1 is 0.917 bits per heavy atom.